The van der Waals surface area contributed by atoms with E-state index in [-0.39, 0.29) is 18.4 Å². The Morgan fingerprint density at radius 1 is 1.37 bits per heavy atom. The van der Waals surface area contributed by atoms with Crippen LogP contribution in [0.1, 0.15) is 24.5 Å². The highest BCUT2D eigenvalue weighted by Gasteiger charge is 2.21. The van der Waals surface area contributed by atoms with Crippen molar-refractivity contribution in [3.05, 3.63) is 34.9 Å². The summed E-state index contributed by atoms with van der Waals surface area (Å²) in [6.45, 7) is 2.01. The fourth-order valence-corrected chi connectivity index (χ4v) is 2.35. The molecular weight excluding hydrogens is 264 g/mol. The zero-order chi connectivity index (χ0) is 13.7. The molecule has 1 aliphatic heterocycles. The van der Waals surface area contributed by atoms with Gasteiger partial charge >= 0.3 is 0 Å². The molecule has 0 aliphatic carbocycles. The Bertz CT molecular complexity index is 416. The molecule has 1 amide bonds. The van der Waals surface area contributed by atoms with E-state index in [1.807, 2.05) is 0 Å². The van der Waals surface area contributed by atoms with E-state index in [2.05, 4.69) is 10.6 Å². The van der Waals surface area contributed by atoms with Crippen molar-refractivity contribution in [2.75, 3.05) is 19.6 Å². The van der Waals surface area contributed by atoms with E-state index in [1.54, 1.807) is 24.3 Å². The van der Waals surface area contributed by atoms with Crippen LogP contribution in [0.4, 0.5) is 0 Å². The van der Waals surface area contributed by atoms with Crippen molar-refractivity contribution in [2.45, 2.75) is 18.9 Å². The largest absolute Gasteiger partial charge is 0.387 e. The van der Waals surface area contributed by atoms with Crippen LogP contribution in [-0.4, -0.2) is 30.6 Å². The Morgan fingerprint density at radius 2 is 2.00 bits per heavy atom. The van der Waals surface area contributed by atoms with Crippen LogP contribution in [0.15, 0.2) is 24.3 Å². The van der Waals surface area contributed by atoms with Crippen molar-refractivity contribution >= 4 is 17.5 Å². The molecule has 2 rings (SSSR count). The first-order chi connectivity index (χ1) is 9.16. The van der Waals surface area contributed by atoms with Crippen molar-refractivity contribution in [2.24, 2.45) is 5.92 Å². The molecule has 1 unspecified atom stereocenters. The molecule has 1 aromatic carbocycles. The van der Waals surface area contributed by atoms with Crippen LogP contribution in [0.2, 0.25) is 5.02 Å². The molecule has 1 fully saturated rings. The van der Waals surface area contributed by atoms with Gasteiger partial charge in [0.2, 0.25) is 5.91 Å². The Morgan fingerprint density at radius 3 is 2.63 bits per heavy atom. The zero-order valence-corrected chi connectivity index (χ0v) is 11.5. The number of hydrogen-bond acceptors (Lipinski definition) is 3. The van der Waals surface area contributed by atoms with Gasteiger partial charge in [0.15, 0.2) is 0 Å². The first kappa shape index (κ1) is 14.3. The van der Waals surface area contributed by atoms with Gasteiger partial charge in [-0.05, 0) is 43.6 Å². The minimum atomic E-state index is -0.692. The Kier molecular flexibility index (Phi) is 5.19. The van der Waals surface area contributed by atoms with Gasteiger partial charge < -0.3 is 15.7 Å². The fourth-order valence-electron chi connectivity index (χ4n) is 2.23. The van der Waals surface area contributed by atoms with Crippen LogP contribution in [-0.2, 0) is 4.79 Å². The number of nitrogens with one attached hydrogen (secondary N) is 2. The topological polar surface area (TPSA) is 61.4 Å². The molecule has 0 aromatic heterocycles. The quantitative estimate of drug-likeness (QED) is 0.784. The van der Waals surface area contributed by atoms with E-state index in [0.29, 0.717) is 5.02 Å². The van der Waals surface area contributed by atoms with Gasteiger partial charge in [0.05, 0.1) is 6.10 Å². The molecule has 0 saturated carbocycles. The number of aliphatic hydroxyl groups excluding tert-OH is 1. The summed E-state index contributed by atoms with van der Waals surface area (Å²) in [7, 11) is 0. The van der Waals surface area contributed by atoms with Crippen molar-refractivity contribution < 1.29 is 9.90 Å². The first-order valence-corrected chi connectivity index (χ1v) is 6.96. The lowest BCUT2D eigenvalue weighted by atomic mass is 9.97. The second-order valence-electron chi connectivity index (χ2n) is 4.84. The van der Waals surface area contributed by atoms with Crippen molar-refractivity contribution in [3.63, 3.8) is 0 Å². The molecular formula is C14H19ClN2O2. The van der Waals surface area contributed by atoms with E-state index in [0.717, 1.165) is 31.5 Å². The van der Waals surface area contributed by atoms with E-state index in [1.165, 1.54) is 0 Å². The predicted molar refractivity (Wildman–Crippen MR) is 75.0 cm³/mol. The van der Waals surface area contributed by atoms with Crippen LogP contribution in [0.3, 0.4) is 0 Å². The number of piperidine rings is 1. The van der Waals surface area contributed by atoms with Gasteiger partial charge in [0.1, 0.15) is 0 Å². The molecule has 0 bridgehead atoms. The normalized spacial score (nSPS) is 18.0. The minimum Gasteiger partial charge on any atom is -0.387 e. The van der Waals surface area contributed by atoms with Gasteiger partial charge in [0, 0.05) is 17.5 Å². The van der Waals surface area contributed by atoms with Crippen molar-refractivity contribution in [1.29, 1.82) is 0 Å². The standard InChI is InChI=1S/C14H19ClN2O2/c15-12-3-1-10(2-4-12)13(18)9-17-14(19)11-5-7-16-8-6-11/h1-4,11,13,16,18H,5-9H2,(H,17,19). The fraction of sp³-hybridized carbons (Fsp3) is 0.500. The maximum atomic E-state index is 11.9. The van der Waals surface area contributed by atoms with Crippen LogP contribution in [0, 0.1) is 5.92 Å². The van der Waals surface area contributed by atoms with Gasteiger partial charge in [-0.3, -0.25) is 4.79 Å². The van der Waals surface area contributed by atoms with Crippen LogP contribution in [0.5, 0.6) is 0 Å². The SMILES string of the molecule is O=C(NCC(O)c1ccc(Cl)cc1)C1CCNCC1. The van der Waals surface area contributed by atoms with E-state index >= 15 is 0 Å². The predicted octanol–water partition coefficient (Wildman–Crippen LogP) is 1.49. The van der Waals surface area contributed by atoms with E-state index in [9.17, 15) is 9.90 Å². The molecule has 0 spiro atoms. The van der Waals surface area contributed by atoms with Gasteiger partial charge in [-0.2, -0.15) is 0 Å². The number of carbonyl (C=O) groups is 1. The molecule has 3 N–H and O–H groups in total. The summed E-state index contributed by atoms with van der Waals surface area (Å²) in [5.41, 5.74) is 0.759. The Balaban J connectivity index is 1.80. The first-order valence-electron chi connectivity index (χ1n) is 6.59. The lowest BCUT2D eigenvalue weighted by Gasteiger charge is -2.22. The van der Waals surface area contributed by atoms with E-state index in [4.69, 9.17) is 11.6 Å². The Labute approximate surface area is 118 Å². The summed E-state index contributed by atoms with van der Waals surface area (Å²) < 4.78 is 0. The number of amides is 1. The number of hydrogen-bond donors (Lipinski definition) is 3. The monoisotopic (exact) mass is 282 g/mol. The van der Waals surface area contributed by atoms with Gasteiger partial charge in [-0.15, -0.1) is 0 Å². The summed E-state index contributed by atoms with van der Waals surface area (Å²) in [5, 5.41) is 16.7. The molecule has 104 valence electrons. The molecule has 0 radical (unpaired) electrons. The molecule has 5 heteroatoms. The second-order valence-corrected chi connectivity index (χ2v) is 5.27. The highest BCUT2D eigenvalue weighted by Crippen LogP contribution is 2.16. The van der Waals surface area contributed by atoms with Crippen LogP contribution >= 0.6 is 11.6 Å². The van der Waals surface area contributed by atoms with Gasteiger partial charge in [-0.25, -0.2) is 0 Å². The van der Waals surface area contributed by atoms with Crippen LogP contribution in [0.25, 0.3) is 0 Å². The molecule has 4 nitrogen and oxygen atoms in total. The van der Waals surface area contributed by atoms with Gasteiger partial charge in [0.25, 0.3) is 0 Å². The lowest BCUT2D eigenvalue weighted by molar-refractivity contribution is -0.126. The highest BCUT2D eigenvalue weighted by molar-refractivity contribution is 6.30. The molecule has 1 heterocycles. The maximum Gasteiger partial charge on any atom is 0.223 e. The minimum absolute atomic E-state index is 0.0366. The number of halogens is 1. The summed E-state index contributed by atoms with van der Waals surface area (Å²) in [6, 6.07) is 7.00. The average molecular weight is 283 g/mol. The zero-order valence-electron chi connectivity index (χ0n) is 10.7. The number of rotatable bonds is 4. The van der Waals surface area contributed by atoms with E-state index < -0.39 is 6.10 Å². The lowest BCUT2D eigenvalue weighted by Crippen LogP contribution is -2.39. The van der Waals surface area contributed by atoms with Crippen molar-refractivity contribution in [1.82, 2.24) is 10.6 Å². The van der Waals surface area contributed by atoms with Crippen LogP contribution < -0.4 is 10.6 Å². The third-order valence-corrected chi connectivity index (χ3v) is 3.69. The molecule has 19 heavy (non-hydrogen) atoms. The van der Waals surface area contributed by atoms with Crippen molar-refractivity contribution in [3.8, 4) is 0 Å². The second kappa shape index (κ2) is 6.89. The Hall–Kier alpha value is -1.10. The third kappa shape index (κ3) is 4.20. The molecule has 1 saturated heterocycles. The summed E-state index contributed by atoms with van der Waals surface area (Å²) in [4.78, 5) is 11.9. The number of benzene rings is 1. The summed E-state index contributed by atoms with van der Waals surface area (Å²) >= 11 is 5.79. The van der Waals surface area contributed by atoms with Gasteiger partial charge in [-0.1, -0.05) is 23.7 Å². The molecule has 1 atom stereocenters. The molecule has 1 aliphatic rings. The summed E-state index contributed by atoms with van der Waals surface area (Å²) in [6.07, 6.45) is 1.04. The average Bonchev–Trinajstić information content (AvgIpc) is 2.46. The number of carbonyl (C=O) groups excluding carboxylic acids is 1. The molecule has 1 aromatic rings. The smallest absolute Gasteiger partial charge is 0.223 e. The highest BCUT2D eigenvalue weighted by atomic mass is 35.5. The maximum absolute atomic E-state index is 11.9. The number of aliphatic hydroxyl groups is 1. The third-order valence-electron chi connectivity index (χ3n) is 3.43. The summed E-state index contributed by atoms with van der Waals surface area (Å²) in [5.74, 6) is 0.105.